The van der Waals surface area contributed by atoms with Crippen LogP contribution in [0.25, 0.3) is 11.1 Å². The summed E-state index contributed by atoms with van der Waals surface area (Å²) >= 11 is 0. The van der Waals surface area contributed by atoms with Gasteiger partial charge in [-0.3, -0.25) is 19.2 Å². The first-order valence-corrected chi connectivity index (χ1v) is 20.7. The lowest BCUT2D eigenvalue weighted by Crippen LogP contribution is -2.49. The van der Waals surface area contributed by atoms with E-state index in [1.165, 1.54) is 0 Å². The van der Waals surface area contributed by atoms with Crippen LogP contribution in [0.4, 0.5) is 4.79 Å². The van der Waals surface area contributed by atoms with Gasteiger partial charge in [0.15, 0.2) is 0 Å². The molecule has 0 aliphatic carbocycles. The summed E-state index contributed by atoms with van der Waals surface area (Å²) in [5.41, 5.74) is 9.76. The predicted molar refractivity (Wildman–Crippen MR) is 232 cm³/mol. The zero-order valence-corrected chi connectivity index (χ0v) is 36.1. The van der Waals surface area contributed by atoms with Gasteiger partial charge in [0, 0.05) is 19.3 Å². The molecule has 0 spiro atoms. The Hall–Kier alpha value is -7.07. The minimum atomic E-state index is -1.34. The number of carbonyl (C=O) groups is 7. The lowest BCUT2D eigenvalue weighted by Gasteiger charge is -2.21. The number of amides is 2. The highest BCUT2D eigenvalue weighted by molar-refractivity contribution is 5.88. The molecule has 64 heavy (non-hydrogen) atoms. The van der Waals surface area contributed by atoms with Crippen LogP contribution >= 0.6 is 0 Å². The number of nitrogens with one attached hydrogen (secondary N) is 2. The van der Waals surface area contributed by atoms with Crippen LogP contribution in [0.15, 0.2) is 109 Å². The van der Waals surface area contributed by atoms with Gasteiger partial charge < -0.3 is 45.2 Å². The van der Waals surface area contributed by atoms with Gasteiger partial charge in [-0.25, -0.2) is 14.4 Å². The molecule has 4 aromatic rings. The number of aliphatic carboxylic acids is 1. The number of esters is 4. The molecule has 0 fully saturated rings. The first-order valence-electron chi connectivity index (χ1n) is 20.7. The number of ether oxygens (including phenoxy) is 5. The van der Waals surface area contributed by atoms with Gasteiger partial charge in [-0.1, -0.05) is 103 Å². The fourth-order valence-electron chi connectivity index (χ4n) is 5.91. The average molecular weight is 882 g/mol. The van der Waals surface area contributed by atoms with Crippen molar-refractivity contribution in [3.8, 4) is 11.1 Å². The summed E-state index contributed by atoms with van der Waals surface area (Å²) in [4.78, 5) is 87.6. The van der Waals surface area contributed by atoms with Crippen molar-refractivity contribution in [1.29, 1.82) is 0 Å². The number of benzene rings is 4. The van der Waals surface area contributed by atoms with Gasteiger partial charge in [-0.2, -0.15) is 0 Å². The van der Waals surface area contributed by atoms with Crippen molar-refractivity contribution in [2.24, 2.45) is 5.73 Å². The number of hydrogen-bond donors (Lipinski definition) is 4. The molecule has 0 radical (unpaired) electrons. The van der Waals surface area contributed by atoms with E-state index >= 15 is 0 Å². The van der Waals surface area contributed by atoms with Crippen molar-refractivity contribution in [3.05, 3.63) is 131 Å². The Morgan fingerprint density at radius 1 is 0.547 bits per heavy atom. The molecule has 0 saturated heterocycles. The largest absolute Gasteiger partial charge is 0.480 e. The smallest absolute Gasteiger partial charge is 0.408 e. The van der Waals surface area contributed by atoms with Crippen molar-refractivity contribution >= 4 is 41.8 Å². The molecule has 0 unspecified atom stereocenters. The first-order chi connectivity index (χ1) is 30.5. The molecular weight excluding hydrogens is 827 g/mol. The Balaban J connectivity index is 1.30. The van der Waals surface area contributed by atoms with Gasteiger partial charge in [-0.15, -0.1) is 0 Å². The van der Waals surface area contributed by atoms with Crippen LogP contribution < -0.4 is 16.4 Å². The topological polar surface area (TPSA) is 236 Å². The van der Waals surface area contributed by atoms with Gasteiger partial charge >= 0.3 is 35.9 Å². The Morgan fingerprint density at radius 3 is 1.53 bits per heavy atom. The van der Waals surface area contributed by atoms with Gasteiger partial charge in [-0.05, 0) is 79.5 Å². The lowest BCUT2D eigenvalue weighted by molar-refractivity contribution is -0.151. The lowest BCUT2D eigenvalue weighted by atomic mass is 10.0. The molecule has 340 valence electrons. The van der Waals surface area contributed by atoms with Gasteiger partial charge in [0.1, 0.15) is 44.1 Å². The maximum atomic E-state index is 13.5. The van der Waals surface area contributed by atoms with Crippen LogP contribution in [0.2, 0.25) is 0 Å². The second-order valence-electron chi connectivity index (χ2n) is 15.8. The molecule has 0 heterocycles. The van der Waals surface area contributed by atoms with Crippen molar-refractivity contribution in [1.82, 2.24) is 10.6 Å². The molecule has 5 N–H and O–H groups in total. The Kier molecular flexibility index (Phi) is 19.5. The Morgan fingerprint density at radius 2 is 1.02 bits per heavy atom. The summed E-state index contributed by atoms with van der Waals surface area (Å²) in [5, 5.41) is 14.3. The zero-order valence-electron chi connectivity index (χ0n) is 36.1. The third-order valence-electron chi connectivity index (χ3n) is 9.34. The number of hydrogen-bond acceptors (Lipinski definition) is 13. The number of nitrogens with two attached hydrogens (primary N) is 1. The minimum Gasteiger partial charge on any atom is -0.480 e. The molecule has 0 saturated carbocycles. The molecule has 4 rings (SSSR count). The van der Waals surface area contributed by atoms with Crippen molar-refractivity contribution in [2.45, 2.75) is 109 Å². The molecule has 16 nitrogen and oxygen atoms in total. The Labute approximate surface area is 371 Å². The van der Waals surface area contributed by atoms with Gasteiger partial charge in [0.25, 0.3) is 0 Å². The van der Waals surface area contributed by atoms with E-state index in [9.17, 15) is 38.7 Å². The summed E-state index contributed by atoms with van der Waals surface area (Å²) in [7, 11) is 0. The highest BCUT2D eigenvalue weighted by Crippen LogP contribution is 2.22. The van der Waals surface area contributed by atoms with E-state index in [0.717, 1.165) is 22.3 Å². The molecule has 0 aromatic heterocycles. The van der Waals surface area contributed by atoms with E-state index in [-0.39, 0.29) is 65.0 Å². The van der Waals surface area contributed by atoms with Gasteiger partial charge in [0.05, 0.1) is 6.04 Å². The van der Waals surface area contributed by atoms with Crippen LogP contribution in [0.5, 0.6) is 0 Å². The van der Waals surface area contributed by atoms with Crippen LogP contribution in [-0.2, 0) is 78.9 Å². The van der Waals surface area contributed by atoms with Crippen molar-refractivity contribution < 1.29 is 62.4 Å². The summed E-state index contributed by atoms with van der Waals surface area (Å²) in [5.74, 6) is -4.60. The first kappa shape index (κ1) is 49.6. The summed E-state index contributed by atoms with van der Waals surface area (Å²) < 4.78 is 26.7. The quantitative estimate of drug-likeness (QED) is 0.0490. The number of carboxylic acid groups (broad SMARTS) is 1. The predicted octanol–water partition coefficient (Wildman–Crippen LogP) is 6.06. The number of carbonyl (C=O) groups excluding carboxylic acids is 6. The number of carboxylic acids is 1. The van der Waals surface area contributed by atoms with E-state index < -0.39 is 65.6 Å². The molecule has 3 atom stereocenters. The summed E-state index contributed by atoms with van der Waals surface area (Å²) in [6.07, 6.45) is -1.89. The van der Waals surface area contributed by atoms with Crippen LogP contribution in [0.1, 0.15) is 81.5 Å². The molecule has 0 aliphatic rings. The molecule has 2 amide bonds. The third kappa shape index (κ3) is 18.5. The number of alkyl carbamates (subject to hydrolysis) is 1. The van der Waals surface area contributed by atoms with E-state index in [2.05, 4.69) is 10.6 Å². The summed E-state index contributed by atoms with van der Waals surface area (Å²) in [6.45, 7) is 4.80. The molecule has 4 aromatic carbocycles. The fraction of sp³-hybridized carbons (Fsp3) is 0.354. The van der Waals surface area contributed by atoms with Crippen molar-refractivity contribution in [3.63, 3.8) is 0 Å². The van der Waals surface area contributed by atoms with Crippen molar-refractivity contribution in [2.75, 3.05) is 0 Å². The van der Waals surface area contributed by atoms with Crippen LogP contribution in [0.3, 0.4) is 0 Å². The molecule has 16 heteroatoms. The molecular formula is C48H55N3O13. The normalized spacial score (nSPS) is 12.4. The third-order valence-corrected chi connectivity index (χ3v) is 9.34. The van der Waals surface area contributed by atoms with Crippen LogP contribution in [-0.4, -0.2) is 70.7 Å². The van der Waals surface area contributed by atoms with Gasteiger partial charge in [0.2, 0.25) is 5.91 Å². The summed E-state index contributed by atoms with van der Waals surface area (Å²) in [6, 6.07) is 28.8. The highest BCUT2D eigenvalue weighted by Gasteiger charge is 2.28. The van der Waals surface area contributed by atoms with E-state index in [1.54, 1.807) is 57.2 Å². The fourth-order valence-corrected chi connectivity index (χ4v) is 5.91. The highest BCUT2D eigenvalue weighted by atomic mass is 16.6. The maximum absolute atomic E-state index is 13.5. The molecule has 0 bridgehead atoms. The second-order valence-corrected chi connectivity index (χ2v) is 15.8. The standard InChI is InChI=1S/C48H55N3O13/c1-48(2,3)64-47(59)51-39(45(56)57)22-25-42(53)62-30-34-17-19-36(20-18-34)37-16-10-15-35(27-37)31-63-46(58)40(23-26-43(54)61-29-33-13-8-5-9-14-33)50-44(55)38(49)21-24-41(52)60-28-32-11-6-4-7-12-32/h4-20,27,38-40H,21-26,28-31,49H2,1-3H3,(H,50,55)(H,51,59)(H,56,57)/t38-,39-,40-/m0/s1. The van der Waals surface area contributed by atoms with Crippen LogP contribution in [0, 0.1) is 0 Å². The SMILES string of the molecule is CC(C)(C)OC(=O)N[C@@H](CCC(=O)OCc1ccc(-c2cccc(COC(=O)[C@H](CCC(=O)OCc3ccccc3)NC(=O)[C@@H](N)CCC(=O)OCc3ccccc3)c2)cc1)C(=O)O. The second kappa shape index (κ2) is 25.1. The molecule has 0 aliphatic heterocycles. The zero-order chi connectivity index (χ0) is 46.5. The number of rotatable bonds is 23. The van der Waals surface area contributed by atoms with E-state index in [1.807, 2.05) is 72.8 Å². The average Bonchev–Trinajstić information content (AvgIpc) is 3.28. The van der Waals surface area contributed by atoms with E-state index in [4.69, 9.17) is 29.4 Å². The minimum absolute atomic E-state index is 0.0352. The van der Waals surface area contributed by atoms with E-state index in [0.29, 0.717) is 11.1 Å². The Bertz CT molecular complexity index is 2170. The maximum Gasteiger partial charge on any atom is 0.408 e. The monoisotopic (exact) mass is 881 g/mol.